The Morgan fingerprint density at radius 1 is 1.42 bits per heavy atom. The molecule has 0 aromatic heterocycles. The van der Waals surface area contributed by atoms with Gasteiger partial charge >= 0.3 is 0 Å². The van der Waals surface area contributed by atoms with Crippen LogP contribution in [0, 0.1) is 23.6 Å². The van der Waals surface area contributed by atoms with Crippen LogP contribution in [-0.4, -0.2) is 25.6 Å². The monoisotopic (exact) mass is 334 g/mol. The zero-order valence-electron chi connectivity index (χ0n) is 14.3. The first-order chi connectivity index (χ1) is 11.6. The van der Waals surface area contributed by atoms with Gasteiger partial charge in [-0.2, -0.15) is 0 Å². The maximum Gasteiger partial charge on any atom is 0.224 e. The molecule has 0 radical (unpaired) electrons. The fourth-order valence-electron chi connectivity index (χ4n) is 3.24. The van der Waals surface area contributed by atoms with Crippen LogP contribution in [0.3, 0.4) is 0 Å². The van der Waals surface area contributed by atoms with Crippen LogP contribution in [0.5, 0.6) is 5.75 Å². The van der Waals surface area contributed by atoms with Crippen molar-refractivity contribution in [1.82, 2.24) is 5.32 Å². The van der Waals surface area contributed by atoms with E-state index < -0.39 is 0 Å². The number of hydrogen-bond acceptors (Lipinski definition) is 3. The molecule has 24 heavy (non-hydrogen) atoms. The zero-order chi connectivity index (χ0) is 16.9. The molecule has 5 heteroatoms. The lowest BCUT2D eigenvalue weighted by Crippen LogP contribution is -2.34. The fourth-order valence-corrected chi connectivity index (χ4v) is 3.24. The van der Waals surface area contributed by atoms with Crippen LogP contribution in [0.15, 0.2) is 18.2 Å². The highest BCUT2D eigenvalue weighted by molar-refractivity contribution is 5.92. The third-order valence-electron chi connectivity index (χ3n) is 5.04. The first-order valence-corrected chi connectivity index (χ1v) is 9.04. The summed E-state index contributed by atoms with van der Waals surface area (Å²) in [7, 11) is 0. The van der Waals surface area contributed by atoms with Gasteiger partial charge < -0.3 is 15.4 Å². The molecule has 4 nitrogen and oxygen atoms in total. The van der Waals surface area contributed by atoms with E-state index in [1.54, 1.807) is 6.07 Å². The van der Waals surface area contributed by atoms with E-state index in [9.17, 15) is 9.18 Å². The Morgan fingerprint density at radius 3 is 2.96 bits per heavy atom. The zero-order valence-corrected chi connectivity index (χ0v) is 14.3. The lowest BCUT2D eigenvalue weighted by atomic mass is 9.85. The smallest absolute Gasteiger partial charge is 0.224 e. The molecule has 2 aliphatic rings. The van der Waals surface area contributed by atoms with Crippen LogP contribution in [0.25, 0.3) is 0 Å². The fraction of sp³-hybridized carbons (Fsp3) is 0.632. The van der Waals surface area contributed by atoms with Gasteiger partial charge in [-0.25, -0.2) is 4.39 Å². The molecule has 3 rings (SSSR count). The molecule has 1 aliphatic heterocycles. The number of hydrogen-bond donors (Lipinski definition) is 2. The molecule has 2 unspecified atom stereocenters. The Balaban J connectivity index is 1.56. The van der Waals surface area contributed by atoms with Crippen molar-refractivity contribution in [3.05, 3.63) is 24.0 Å². The number of piperidine rings is 1. The number of anilines is 1. The van der Waals surface area contributed by atoms with Crippen molar-refractivity contribution in [3.63, 3.8) is 0 Å². The van der Waals surface area contributed by atoms with E-state index in [0.717, 1.165) is 13.1 Å². The number of amides is 1. The largest absolute Gasteiger partial charge is 0.491 e. The maximum atomic E-state index is 13.5. The van der Waals surface area contributed by atoms with Gasteiger partial charge in [-0.3, -0.25) is 4.79 Å². The number of ether oxygens (including phenoxy) is 1. The molecule has 132 valence electrons. The average molecular weight is 334 g/mol. The second-order valence-electron chi connectivity index (χ2n) is 7.23. The molecular weight excluding hydrogens is 307 g/mol. The van der Waals surface area contributed by atoms with E-state index in [1.165, 1.54) is 37.8 Å². The molecular formula is C19H27FN2O2. The Bertz CT molecular complexity index is 568. The molecule has 0 spiro atoms. The van der Waals surface area contributed by atoms with Crippen molar-refractivity contribution in [2.24, 2.45) is 17.8 Å². The van der Waals surface area contributed by atoms with Crippen LogP contribution < -0.4 is 15.4 Å². The minimum Gasteiger partial charge on any atom is -0.491 e. The van der Waals surface area contributed by atoms with Crippen molar-refractivity contribution in [1.29, 1.82) is 0 Å². The number of benzene rings is 1. The molecule has 1 aromatic carbocycles. The van der Waals surface area contributed by atoms with Crippen LogP contribution in [0.4, 0.5) is 10.1 Å². The van der Waals surface area contributed by atoms with E-state index >= 15 is 0 Å². The Labute approximate surface area is 143 Å². The van der Waals surface area contributed by atoms with E-state index in [1.807, 2.05) is 0 Å². The molecule has 1 aromatic rings. The Hall–Kier alpha value is -1.62. The van der Waals surface area contributed by atoms with E-state index in [0.29, 0.717) is 42.2 Å². The second kappa shape index (κ2) is 7.97. The van der Waals surface area contributed by atoms with Gasteiger partial charge in [0, 0.05) is 12.5 Å². The third kappa shape index (κ3) is 4.94. The summed E-state index contributed by atoms with van der Waals surface area (Å²) in [5.74, 6) is 1.51. The van der Waals surface area contributed by atoms with Gasteiger partial charge in [0.15, 0.2) is 0 Å². The highest BCUT2D eigenvalue weighted by Crippen LogP contribution is 2.32. The molecule has 1 heterocycles. The Kier molecular flexibility index (Phi) is 5.72. The first-order valence-electron chi connectivity index (χ1n) is 9.04. The van der Waals surface area contributed by atoms with Crippen molar-refractivity contribution < 1.29 is 13.9 Å². The summed E-state index contributed by atoms with van der Waals surface area (Å²) in [4.78, 5) is 12.4. The summed E-state index contributed by atoms with van der Waals surface area (Å²) in [6.45, 7) is 4.79. The molecule has 2 fully saturated rings. The lowest BCUT2D eigenvalue weighted by Gasteiger charge is -2.28. The van der Waals surface area contributed by atoms with Crippen LogP contribution in [-0.2, 0) is 4.79 Å². The quantitative estimate of drug-likeness (QED) is 0.801. The lowest BCUT2D eigenvalue weighted by molar-refractivity contribution is -0.117. The highest BCUT2D eigenvalue weighted by atomic mass is 19.1. The van der Waals surface area contributed by atoms with Gasteiger partial charge in [-0.1, -0.05) is 6.92 Å². The molecule has 1 saturated carbocycles. The number of carbonyl (C=O) groups excluding carboxylic acids is 1. The van der Waals surface area contributed by atoms with Crippen molar-refractivity contribution >= 4 is 11.6 Å². The van der Waals surface area contributed by atoms with Crippen LogP contribution in [0.1, 0.15) is 39.0 Å². The van der Waals surface area contributed by atoms with Crippen LogP contribution >= 0.6 is 0 Å². The SMILES string of the molecule is CC(CC(=O)Nc1ccc(F)cc1OCC1CC1)C1CCCNC1. The average Bonchev–Trinajstić information content (AvgIpc) is 3.40. The molecule has 2 atom stereocenters. The van der Waals surface area contributed by atoms with Crippen LogP contribution in [0.2, 0.25) is 0 Å². The maximum absolute atomic E-state index is 13.5. The van der Waals surface area contributed by atoms with Crippen molar-refractivity contribution in [2.45, 2.75) is 39.0 Å². The molecule has 1 saturated heterocycles. The van der Waals surface area contributed by atoms with Gasteiger partial charge in [0.2, 0.25) is 5.91 Å². The molecule has 1 aliphatic carbocycles. The van der Waals surface area contributed by atoms with Gasteiger partial charge in [0.05, 0.1) is 12.3 Å². The summed E-state index contributed by atoms with van der Waals surface area (Å²) in [5.41, 5.74) is 0.566. The highest BCUT2D eigenvalue weighted by Gasteiger charge is 2.24. The third-order valence-corrected chi connectivity index (χ3v) is 5.04. The minimum atomic E-state index is -0.347. The molecule has 0 bridgehead atoms. The number of rotatable bonds is 7. The standard InChI is InChI=1S/C19H27FN2O2/c1-13(15-3-2-8-21-11-15)9-19(23)22-17-7-6-16(20)10-18(17)24-12-14-4-5-14/h6-7,10,13-15,21H,2-5,8-9,11-12H2,1H3,(H,22,23). The predicted molar refractivity (Wildman–Crippen MR) is 92.6 cm³/mol. The summed E-state index contributed by atoms with van der Waals surface area (Å²) in [5, 5.41) is 6.29. The minimum absolute atomic E-state index is 0.0315. The van der Waals surface area contributed by atoms with Gasteiger partial charge in [0.25, 0.3) is 0 Å². The number of halogens is 1. The second-order valence-corrected chi connectivity index (χ2v) is 7.23. The summed E-state index contributed by atoms with van der Waals surface area (Å²) < 4.78 is 19.2. The van der Waals surface area contributed by atoms with Crippen molar-refractivity contribution in [2.75, 3.05) is 25.0 Å². The van der Waals surface area contributed by atoms with Gasteiger partial charge in [0.1, 0.15) is 11.6 Å². The molecule has 2 N–H and O–H groups in total. The normalized spacial score (nSPS) is 22.0. The summed E-state index contributed by atoms with van der Waals surface area (Å²) >= 11 is 0. The van der Waals surface area contributed by atoms with E-state index in [-0.39, 0.29) is 11.7 Å². The first kappa shape index (κ1) is 17.2. The van der Waals surface area contributed by atoms with E-state index in [2.05, 4.69) is 17.6 Å². The summed E-state index contributed by atoms with van der Waals surface area (Å²) in [6, 6.07) is 4.29. The number of carbonyl (C=O) groups is 1. The summed E-state index contributed by atoms with van der Waals surface area (Å²) in [6.07, 6.45) is 5.17. The molecule has 1 amide bonds. The topological polar surface area (TPSA) is 50.4 Å². The van der Waals surface area contributed by atoms with Gasteiger partial charge in [-0.15, -0.1) is 0 Å². The van der Waals surface area contributed by atoms with Gasteiger partial charge in [-0.05, 0) is 68.7 Å². The van der Waals surface area contributed by atoms with Crippen molar-refractivity contribution in [3.8, 4) is 5.75 Å². The Morgan fingerprint density at radius 2 is 2.25 bits per heavy atom. The van der Waals surface area contributed by atoms with E-state index in [4.69, 9.17) is 4.74 Å². The number of nitrogens with one attached hydrogen (secondary N) is 2. The predicted octanol–water partition coefficient (Wildman–Crippen LogP) is 3.58.